The van der Waals surface area contributed by atoms with Crippen LogP contribution >= 0.6 is 0 Å². The van der Waals surface area contributed by atoms with Gasteiger partial charge in [-0.2, -0.15) is 5.26 Å². The molecule has 0 aromatic carbocycles. The summed E-state index contributed by atoms with van der Waals surface area (Å²) < 4.78 is 0. The second-order valence-electron chi connectivity index (χ2n) is 4.21. The summed E-state index contributed by atoms with van der Waals surface area (Å²) in [6.45, 7) is 9.41. The van der Waals surface area contributed by atoms with Gasteiger partial charge in [0.05, 0.1) is 0 Å². The summed E-state index contributed by atoms with van der Waals surface area (Å²) in [5, 5.41) is 17.7. The molecule has 0 spiro atoms. The molecule has 0 aliphatic carbocycles. The van der Waals surface area contributed by atoms with E-state index in [1.165, 1.54) is 6.20 Å². The molecule has 1 aliphatic rings. The van der Waals surface area contributed by atoms with E-state index in [9.17, 15) is 4.79 Å². The Kier molecular flexibility index (Phi) is 7.32. The second-order valence-corrected chi connectivity index (χ2v) is 4.21. The Bertz CT molecular complexity index is 366. The molecule has 104 valence electrons. The van der Waals surface area contributed by atoms with Gasteiger partial charge < -0.3 is 16.0 Å². The van der Waals surface area contributed by atoms with Crippen LogP contribution in [0.15, 0.2) is 24.4 Å². The Labute approximate surface area is 114 Å². The van der Waals surface area contributed by atoms with E-state index >= 15 is 0 Å². The van der Waals surface area contributed by atoms with Crippen molar-refractivity contribution in [1.82, 2.24) is 20.9 Å². The van der Waals surface area contributed by atoms with Crippen molar-refractivity contribution in [2.75, 3.05) is 45.8 Å². The minimum Gasteiger partial charge on any atom is -0.386 e. The van der Waals surface area contributed by atoms with Crippen LogP contribution in [0.25, 0.3) is 0 Å². The maximum absolute atomic E-state index is 11.7. The number of nitrogens with one attached hydrogen (secondary N) is 3. The van der Waals surface area contributed by atoms with Crippen LogP contribution in [-0.2, 0) is 4.79 Å². The first-order chi connectivity index (χ1) is 9.27. The van der Waals surface area contributed by atoms with E-state index in [0.29, 0.717) is 13.1 Å². The zero-order valence-electron chi connectivity index (χ0n) is 11.1. The lowest BCUT2D eigenvalue weighted by molar-refractivity contribution is -0.117. The highest BCUT2D eigenvalue weighted by atomic mass is 16.1. The van der Waals surface area contributed by atoms with E-state index < -0.39 is 0 Å². The lowest BCUT2D eigenvalue weighted by Gasteiger charge is -2.27. The molecule has 0 aromatic heterocycles. The molecule has 0 atom stereocenters. The van der Waals surface area contributed by atoms with Gasteiger partial charge in [-0.3, -0.25) is 9.69 Å². The number of carbonyl (C=O) groups is 1. The van der Waals surface area contributed by atoms with Crippen LogP contribution in [-0.4, -0.2) is 56.6 Å². The third-order valence-corrected chi connectivity index (χ3v) is 2.80. The van der Waals surface area contributed by atoms with E-state index in [2.05, 4.69) is 27.4 Å². The minimum absolute atomic E-state index is 0.0853. The van der Waals surface area contributed by atoms with Gasteiger partial charge in [0.1, 0.15) is 11.6 Å². The summed E-state index contributed by atoms with van der Waals surface area (Å²) in [5.41, 5.74) is 0.0853. The molecule has 19 heavy (non-hydrogen) atoms. The molecular formula is C13H21N5O. The summed E-state index contributed by atoms with van der Waals surface area (Å²) in [6.07, 6.45) is 3.08. The molecule has 1 fully saturated rings. The number of nitrogens with zero attached hydrogens (tertiary/aromatic N) is 2. The minimum atomic E-state index is -0.339. The highest BCUT2D eigenvalue weighted by Gasteiger charge is 2.11. The van der Waals surface area contributed by atoms with Gasteiger partial charge in [-0.15, -0.1) is 6.58 Å². The average Bonchev–Trinajstić information content (AvgIpc) is 2.44. The predicted molar refractivity (Wildman–Crippen MR) is 74.2 cm³/mol. The van der Waals surface area contributed by atoms with Crippen molar-refractivity contribution in [1.29, 1.82) is 5.26 Å². The van der Waals surface area contributed by atoms with E-state index in [4.69, 9.17) is 5.26 Å². The van der Waals surface area contributed by atoms with Crippen molar-refractivity contribution in [2.24, 2.45) is 0 Å². The Morgan fingerprint density at radius 2 is 2.21 bits per heavy atom. The first-order valence-corrected chi connectivity index (χ1v) is 6.43. The molecular weight excluding hydrogens is 242 g/mol. The summed E-state index contributed by atoms with van der Waals surface area (Å²) >= 11 is 0. The molecule has 6 heteroatoms. The normalized spacial score (nSPS) is 16.5. The largest absolute Gasteiger partial charge is 0.386 e. The van der Waals surface area contributed by atoms with Crippen LogP contribution in [0, 0.1) is 11.3 Å². The summed E-state index contributed by atoms with van der Waals surface area (Å²) in [7, 11) is 0. The number of hydrogen-bond donors (Lipinski definition) is 3. The summed E-state index contributed by atoms with van der Waals surface area (Å²) in [5.74, 6) is -0.339. The number of rotatable bonds is 7. The van der Waals surface area contributed by atoms with E-state index in [-0.39, 0.29) is 11.5 Å². The molecule has 6 nitrogen and oxygen atoms in total. The van der Waals surface area contributed by atoms with Gasteiger partial charge in [0.2, 0.25) is 0 Å². The maximum Gasteiger partial charge on any atom is 0.263 e. The highest BCUT2D eigenvalue weighted by Crippen LogP contribution is 1.92. The Morgan fingerprint density at radius 1 is 1.47 bits per heavy atom. The van der Waals surface area contributed by atoms with Crippen LogP contribution in [0.2, 0.25) is 0 Å². The predicted octanol–water partition coefficient (Wildman–Crippen LogP) is -0.809. The van der Waals surface area contributed by atoms with Crippen molar-refractivity contribution in [3.63, 3.8) is 0 Å². The molecule has 1 amide bonds. The van der Waals surface area contributed by atoms with Crippen molar-refractivity contribution in [3.8, 4) is 6.07 Å². The number of amides is 1. The van der Waals surface area contributed by atoms with Crippen LogP contribution in [0.5, 0.6) is 0 Å². The molecule has 1 saturated heterocycles. The summed E-state index contributed by atoms with van der Waals surface area (Å²) in [4.78, 5) is 14.0. The van der Waals surface area contributed by atoms with Gasteiger partial charge in [0, 0.05) is 52.0 Å². The highest BCUT2D eigenvalue weighted by molar-refractivity contribution is 5.97. The van der Waals surface area contributed by atoms with E-state index in [1.54, 1.807) is 6.08 Å². The van der Waals surface area contributed by atoms with Gasteiger partial charge in [-0.25, -0.2) is 0 Å². The zero-order chi connectivity index (χ0) is 13.9. The van der Waals surface area contributed by atoms with Gasteiger partial charge in [0.15, 0.2) is 0 Å². The number of piperazine rings is 1. The molecule has 1 heterocycles. The maximum atomic E-state index is 11.7. The Balaban J connectivity index is 2.26. The van der Waals surface area contributed by atoms with Crippen molar-refractivity contribution >= 4 is 5.91 Å². The van der Waals surface area contributed by atoms with Crippen molar-refractivity contribution < 1.29 is 4.79 Å². The molecule has 0 saturated carbocycles. The van der Waals surface area contributed by atoms with Crippen LogP contribution in [0.3, 0.4) is 0 Å². The SMILES string of the molecule is C=CCN/C=C(/C#N)C(=O)NCCN1CCNCC1. The zero-order valence-corrected chi connectivity index (χ0v) is 11.1. The first-order valence-electron chi connectivity index (χ1n) is 6.43. The monoisotopic (exact) mass is 263 g/mol. The Hall–Kier alpha value is -1.84. The molecule has 0 unspecified atom stereocenters. The molecule has 0 aromatic rings. The van der Waals surface area contributed by atoms with Crippen molar-refractivity contribution in [3.05, 3.63) is 24.4 Å². The van der Waals surface area contributed by atoms with Crippen LogP contribution in [0.4, 0.5) is 0 Å². The fraction of sp³-hybridized carbons (Fsp3) is 0.538. The topological polar surface area (TPSA) is 80.2 Å². The van der Waals surface area contributed by atoms with Crippen LogP contribution in [0.1, 0.15) is 0 Å². The molecule has 0 radical (unpaired) electrons. The fourth-order valence-corrected chi connectivity index (χ4v) is 1.75. The first kappa shape index (κ1) is 15.2. The summed E-state index contributed by atoms with van der Waals surface area (Å²) in [6, 6.07) is 1.88. The lowest BCUT2D eigenvalue weighted by atomic mass is 10.3. The van der Waals surface area contributed by atoms with Gasteiger partial charge in [-0.1, -0.05) is 6.08 Å². The molecule has 1 aliphatic heterocycles. The van der Waals surface area contributed by atoms with Gasteiger partial charge >= 0.3 is 0 Å². The molecule has 0 bridgehead atoms. The second kappa shape index (κ2) is 9.14. The average molecular weight is 263 g/mol. The number of nitriles is 1. The van der Waals surface area contributed by atoms with Gasteiger partial charge in [0.25, 0.3) is 5.91 Å². The smallest absolute Gasteiger partial charge is 0.263 e. The Morgan fingerprint density at radius 3 is 2.84 bits per heavy atom. The van der Waals surface area contributed by atoms with E-state index in [1.807, 2.05) is 6.07 Å². The van der Waals surface area contributed by atoms with E-state index in [0.717, 1.165) is 32.7 Å². The lowest BCUT2D eigenvalue weighted by Crippen LogP contribution is -2.46. The number of hydrogen-bond acceptors (Lipinski definition) is 5. The fourth-order valence-electron chi connectivity index (χ4n) is 1.75. The molecule has 1 rings (SSSR count). The number of carbonyl (C=O) groups excluding carboxylic acids is 1. The molecule has 3 N–H and O–H groups in total. The third-order valence-electron chi connectivity index (χ3n) is 2.80. The quantitative estimate of drug-likeness (QED) is 0.242. The standard InChI is InChI=1S/C13H21N5O/c1-2-3-16-11-12(10-14)13(19)17-6-9-18-7-4-15-5-8-18/h2,11,15-16H,1,3-9H2,(H,17,19)/b12-11-. The van der Waals surface area contributed by atoms with Gasteiger partial charge in [-0.05, 0) is 0 Å². The van der Waals surface area contributed by atoms with Crippen LogP contribution < -0.4 is 16.0 Å². The van der Waals surface area contributed by atoms with Crippen molar-refractivity contribution in [2.45, 2.75) is 0 Å². The third kappa shape index (κ3) is 6.04.